The summed E-state index contributed by atoms with van der Waals surface area (Å²) in [6, 6.07) is 11.5. The number of nitrogens with one attached hydrogen (secondary N) is 1. The number of aliphatic carboxylic acids is 1. The predicted octanol–water partition coefficient (Wildman–Crippen LogP) is 6.81. The lowest BCUT2D eigenvalue weighted by Gasteiger charge is -2.21. The Kier molecular flexibility index (Phi) is 14.6. The Morgan fingerprint density at radius 3 is 2.24 bits per heavy atom. The van der Waals surface area contributed by atoms with Crippen molar-refractivity contribution in [2.45, 2.75) is 72.8 Å². The molecule has 0 saturated heterocycles. The van der Waals surface area contributed by atoms with E-state index in [0.29, 0.717) is 28.6 Å². The minimum absolute atomic E-state index is 0.180. The predicted molar refractivity (Wildman–Crippen MR) is 178 cm³/mol. The number of benzene rings is 2. The number of aryl methyl sites for hydroxylation is 4. The van der Waals surface area contributed by atoms with E-state index >= 15 is 4.39 Å². The lowest BCUT2D eigenvalue weighted by Crippen LogP contribution is -2.31. The number of nitrogens with two attached hydrogens (primary N) is 1. The van der Waals surface area contributed by atoms with Crippen LogP contribution >= 0.6 is 11.6 Å². The zero-order valence-electron chi connectivity index (χ0n) is 27.3. The van der Waals surface area contributed by atoms with E-state index in [2.05, 4.69) is 15.2 Å². The van der Waals surface area contributed by atoms with Gasteiger partial charge < -0.3 is 21.1 Å². The molecule has 1 unspecified atom stereocenters. The number of hydrogen-bond donors (Lipinski definition) is 3. The number of carboxylic acid groups (broad SMARTS) is 1. The van der Waals surface area contributed by atoms with Crippen molar-refractivity contribution in [1.82, 2.24) is 15.2 Å². The third kappa shape index (κ3) is 12.2. The molecule has 0 bridgehead atoms. The van der Waals surface area contributed by atoms with E-state index in [1.54, 1.807) is 25.1 Å². The van der Waals surface area contributed by atoms with Crippen LogP contribution in [0.5, 0.6) is 0 Å². The summed E-state index contributed by atoms with van der Waals surface area (Å²) in [5.74, 6) is -2.02. The summed E-state index contributed by atoms with van der Waals surface area (Å²) in [7, 11) is 4.07. The Morgan fingerprint density at radius 2 is 1.69 bits per heavy atom. The number of nitrogens with zero attached hydrogens (tertiary/aromatic N) is 2. The van der Waals surface area contributed by atoms with Crippen molar-refractivity contribution in [3.63, 3.8) is 0 Å². The lowest BCUT2D eigenvalue weighted by molar-refractivity contribution is -0.137. The SMILES string of the molecule is CN(C)CCCc1cccc(C(N)=O)n1.Cc1cc(-c2c(C)cc(Cl)cc2C)cc(C(CC(=O)O)NC(=O)CCC(C)C)c1F. The second kappa shape index (κ2) is 17.6. The summed E-state index contributed by atoms with van der Waals surface area (Å²) in [5.41, 5.74) is 10.6. The van der Waals surface area contributed by atoms with Crippen LogP contribution < -0.4 is 11.1 Å². The molecule has 244 valence electrons. The maximum atomic E-state index is 15.1. The first kappa shape index (κ1) is 37.4. The zero-order valence-corrected chi connectivity index (χ0v) is 28.1. The number of carbonyl (C=O) groups is 3. The maximum absolute atomic E-state index is 15.1. The number of pyridine rings is 1. The molecule has 10 heteroatoms. The second-order valence-electron chi connectivity index (χ2n) is 12.0. The van der Waals surface area contributed by atoms with Gasteiger partial charge in [-0.05, 0) is 131 Å². The van der Waals surface area contributed by atoms with Crippen molar-refractivity contribution in [2.75, 3.05) is 20.6 Å². The smallest absolute Gasteiger partial charge is 0.305 e. The van der Waals surface area contributed by atoms with Gasteiger partial charge in [0, 0.05) is 22.7 Å². The number of hydrogen-bond acceptors (Lipinski definition) is 5. The van der Waals surface area contributed by atoms with Crippen molar-refractivity contribution in [3.8, 4) is 11.1 Å². The third-order valence-corrected chi connectivity index (χ3v) is 7.42. The molecule has 3 aromatic rings. The number of rotatable bonds is 13. The lowest BCUT2D eigenvalue weighted by atomic mass is 9.90. The van der Waals surface area contributed by atoms with E-state index in [-0.39, 0.29) is 17.9 Å². The van der Waals surface area contributed by atoms with Crippen molar-refractivity contribution in [3.05, 3.63) is 86.9 Å². The Balaban J connectivity index is 0.000000394. The fourth-order valence-corrected chi connectivity index (χ4v) is 5.32. The summed E-state index contributed by atoms with van der Waals surface area (Å²) < 4.78 is 15.1. The van der Waals surface area contributed by atoms with Crippen LogP contribution in [0.2, 0.25) is 5.02 Å². The van der Waals surface area contributed by atoms with Crippen LogP contribution in [0.15, 0.2) is 42.5 Å². The summed E-state index contributed by atoms with van der Waals surface area (Å²) in [4.78, 5) is 41.0. The van der Waals surface area contributed by atoms with Crippen molar-refractivity contribution in [2.24, 2.45) is 11.7 Å². The van der Waals surface area contributed by atoms with Crippen LogP contribution in [0.1, 0.15) is 84.0 Å². The first-order valence-corrected chi connectivity index (χ1v) is 15.5. The van der Waals surface area contributed by atoms with Crippen LogP contribution in [0.4, 0.5) is 4.39 Å². The molecule has 3 rings (SSSR count). The van der Waals surface area contributed by atoms with Crippen LogP contribution in [0, 0.1) is 32.5 Å². The highest BCUT2D eigenvalue weighted by atomic mass is 35.5. The largest absolute Gasteiger partial charge is 0.481 e. The van der Waals surface area contributed by atoms with Crippen LogP contribution in [0.25, 0.3) is 11.1 Å². The van der Waals surface area contributed by atoms with Gasteiger partial charge in [0.2, 0.25) is 5.91 Å². The molecule has 0 aliphatic rings. The van der Waals surface area contributed by atoms with Gasteiger partial charge in [0.1, 0.15) is 11.5 Å². The molecule has 0 radical (unpaired) electrons. The van der Waals surface area contributed by atoms with Gasteiger partial charge in [0.25, 0.3) is 5.91 Å². The first-order valence-electron chi connectivity index (χ1n) is 15.1. The number of amides is 2. The van der Waals surface area contributed by atoms with Gasteiger partial charge in [0.05, 0.1) is 12.5 Å². The topological polar surface area (TPSA) is 126 Å². The normalized spacial score (nSPS) is 11.6. The minimum atomic E-state index is -1.11. The molecular formula is C35H46ClFN4O4. The second-order valence-corrected chi connectivity index (χ2v) is 12.5. The summed E-state index contributed by atoms with van der Waals surface area (Å²) >= 11 is 6.14. The molecule has 0 aliphatic carbocycles. The molecule has 2 amide bonds. The molecular weight excluding hydrogens is 595 g/mol. The van der Waals surface area contributed by atoms with E-state index in [9.17, 15) is 19.5 Å². The van der Waals surface area contributed by atoms with E-state index in [4.69, 9.17) is 17.3 Å². The summed E-state index contributed by atoms with van der Waals surface area (Å²) in [6.07, 6.45) is 2.45. The fraction of sp³-hybridized carbons (Fsp3) is 0.429. The van der Waals surface area contributed by atoms with E-state index in [0.717, 1.165) is 47.3 Å². The molecule has 0 fully saturated rings. The van der Waals surface area contributed by atoms with Gasteiger partial charge in [-0.2, -0.15) is 0 Å². The van der Waals surface area contributed by atoms with Gasteiger partial charge in [-0.1, -0.05) is 31.5 Å². The first-order chi connectivity index (χ1) is 21.1. The molecule has 0 spiro atoms. The number of carboxylic acids is 1. The van der Waals surface area contributed by atoms with Gasteiger partial charge in [-0.25, -0.2) is 9.37 Å². The molecule has 0 aliphatic heterocycles. The third-order valence-electron chi connectivity index (χ3n) is 7.20. The average Bonchev–Trinajstić information content (AvgIpc) is 2.93. The van der Waals surface area contributed by atoms with Crippen molar-refractivity contribution >= 4 is 29.4 Å². The van der Waals surface area contributed by atoms with E-state index in [1.165, 1.54) is 0 Å². The Morgan fingerprint density at radius 1 is 1.04 bits per heavy atom. The molecule has 1 heterocycles. The zero-order chi connectivity index (χ0) is 33.8. The molecule has 8 nitrogen and oxygen atoms in total. The number of halogens is 2. The standard InChI is InChI=1S/C24H29ClFNO3.C11H17N3O/c1-13(2)6-7-21(28)27-20(12-22(29)30)19-11-17(8-16(5)24(19)26)23-14(3)9-18(25)10-15(23)4;1-14(2)8-4-6-9-5-3-7-10(13-9)11(12)15/h8-11,13,20H,6-7,12H2,1-5H3,(H,27,28)(H,29,30);3,5,7H,4,6,8H2,1-2H3,(H2,12,15). The van der Waals surface area contributed by atoms with Crippen LogP contribution in [-0.4, -0.2) is 53.4 Å². The fourth-order valence-electron chi connectivity index (χ4n) is 4.99. The quantitative estimate of drug-likeness (QED) is 0.188. The molecule has 1 aromatic heterocycles. The van der Waals surface area contributed by atoms with Crippen molar-refractivity contribution in [1.29, 1.82) is 0 Å². The van der Waals surface area contributed by atoms with Gasteiger partial charge in [0.15, 0.2) is 0 Å². The molecule has 2 aromatic carbocycles. The van der Waals surface area contributed by atoms with Gasteiger partial charge in [-0.15, -0.1) is 0 Å². The summed E-state index contributed by atoms with van der Waals surface area (Å²) in [6.45, 7) is 10.5. The Labute approximate surface area is 271 Å². The van der Waals surface area contributed by atoms with Crippen LogP contribution in [0.3, 0.4) is 0 Å². The minimum Gasteiger partial charge on any atom is -0.481 e. The van der Waals surface area contributed by atoms with E-state index in [1.807, 2.05) is 66.1 Å². The molecule has 1 atom stereocenters. The van der Waals surface area contributed by atoms with Gasteiger partial charge >= 0.3 is 5.97 Å². The van der Waals surface area contributed by atoms with E-state index < -0.39 is 30.2 Å². The molecule has 45 heavy (non-hydrogen) atoms. The Hall–Kier alpha value is -3.82. The average molecular weight is 641 g/mol. The van der Waals surface area contributed by atoms with Gasteiger partial charge in [-0.3, -0.25) is 14.4 Å². The van der Waals surface area contributed by atoms with Crippen LogP contribution in [-0.2, 0) is 16.0 Å². The number of aromatic nitrogens is 1. The highest BCUT2D eigenvalue weighted by molar-refractivity contribution is 6.30. The molecule has 4 N–H and O–H groups in total. The number of carbonyl (C=O) groups excluding carboxylic acids is 2. The van der Waals surface area contributed by atoms with Crippen molar-refractivity contribution < 1.29 is 23.9 Å². The highest BCUT2D eigenvalue weighted by Gasteiger charge is 2.24. The number of primary amides is 1. The molecule has 0 saturated carbocycles. The Bertz CT molecular complexity index is 1470. The maximum Gasteiger partial charge on any atom is 0.305 e. The summed E-state index contributed by atoms with van der Waals surface area (Å²) in [5, 5.41) is 12.7. The highest BCUT2D eigenvalue weighted by Crippen LogP contribution is 2.34. The monoisotopic (exact) mass is 640 g/mol.